The van der Waals surface area contributed by atoms with Crippen LogP contribution in [0.2, 0.25) is 5.02 Å². The van der Waals surface area contributed by atoms with Gasteiger partial charge >= 0.3 is 0 Å². The first-order valence-corrected chi connectivity index (χ1v) is 8.49. The van der Waals surface area contributed by atoms with Gasteiger partial charge in [-0.2, -0.15) is 0 Å². The highest BCUT2D eigenvalue weighted by molar-refractivity contribution is 7.99. The lowest BCUT2D eigenvalue weighted by Gasteiger charge is -2.06. The number of Topliss-reactive ketones (excluding diaryl/α,β-unsaturated/α-hetero) is 1. The molecule has 1 aromatic heterocycles. The van der Waals surface area contributed by atoms with Crippen LogP contribution in [-0.2, 0) is 17.8 Å². The van der Waals surface area contributed by atoms with Gasteiger partial charge in [-0.15, -0.1) is 10.2 Å². The molecular formula is C15H17ClN4O2S. The lowest BCUT2D eigenvalue weighted by Crippen LogP contribution is -2.13. The van der Waals surface area contributed by atoms with E-state index in [9.17, 15) is 9.59 Å². The monoisotopic (exact) mass is 352 g/mol. The molecule has 2 aromatic rings. The summed E-state index contributed by atoms with van der Waals surface area (Å²) in [7, 11) is 0. The van der Waals surface area contributed by atoms with Crippen LogP contribution < -0.4 is 5.73 Å². The number of ketones is 1. The summed E-state index contributed by atoms with van der Waals surface area (Å²) in [6.07, 6.45) is 0.675. The number of aromatic nitrogens is 3. The molecule has 2 N–H and O–H groups in total. The van der Waals surface area contributed by atoms with Gasteiger partial charge in [0.05, 0.1) is 5.75 Å². The largest absolute Gasteiger partial charge is 0.370 e. The van der Waals surface area contributed by atoms with E-state index in [-0.39, 0.29) is 23.9 Å². The number of hydrogen-bond donors (Lipinski definition) is 1. The van der Waals surface area contributed by atoms with Crippen LogP contribution in [0.25, 0.3) is 0 Å². The molecule has 1 heterocycles. The highest BCUT2D eigenvalue weighted by Crippen LogP contribution is 2.20. The Morgan fingerprint density at radius 1 is 1.26 bits per heavy atom. The average Bonchev–Trinajstić information content (AvgIpc) is 2.93. The molecule has 0 saturated carbocycles. The van der Waals surface area contributed by atoms with Crippen molar-refractivity contribution in [2.24, 2.45) is 5.73 Å². The molecule has 2 rings (SSSR count). The second-order valence-corrected chi connectivity index (χ2v) is 6.21. The normalized spacial score (nSPS) is 10.7. The van der Waals surface area contributed by atoms with Crippen molar-refractivity contribution in [3.05, 3.63) is 40.7 Å². The number of nitrogens with two attached hydrogens (primary N) is 1. The predicted molar refractivity (Wildman–Crippen MR) is 89.7 cm³/mol. The molecule has 8 heteroatoms. The van der Waals surface area contributed by atoms with Gasteiger partial charge in [0.25, 0.3) is 0 Å². The molecule has 0 spiro atoms. The van der Waals surface area contributed by atoms with E-state index in [4.69, 9.17) is 17.3 Å². The maximum Gasteiger partial charge on any atom is 0.217 e. The number of thioether (sulfide) groups is 1. The molecule has 0 aliphatic carbocycles. The number of benzene rings is 1. The Balaban J connectivity index is 2.01. The van der Waals surface area contributed by atoms with Gasteiger partial charge in [0.1, 0.15) is 5.82 Å². The molecule has 0 aliphatic heterocycles. The average molecular weight is 353 g/mol. The fourth-order valence-corrected chi connectivity index (χ4v) is 3.05. The SMILES string of the molecule is CCn1c(CCC(N)=O)nnc1SCC(=O)c1ccc(Cl)cc1. The summed E-state index contributed by atoms with van der Waals surface area (Å²) in [6, 6.07) is 6.79. The summed E-state index contributed by atoms with van der Waals surface area (Å²) in [4.78, 5) is 23.0. The Bertz CT molecular complexity index is 700. The zero-order valence-electron chi connectivity index (χ0n) is 12.7. The second-order valence-electron chi connectivity index (χ2n) is 4.83. The first kappa shape index (κ1) is 17.5. The van der Waals surface area contributed by atoms with Crippen LogP contribution in [0.5, 0.6) is 0 Å². The Hall–Kier alpha value is -1.86. The van der Waals surface area contributed by atoms with E-state index in [1.165, 1.54) is 11.8 Å². The van der Waals surface area contributed by atoms with Gasteiger partial charge in [0.15, 0.2) is 10.9 Å². The van der Waals surface area contributed by atoms with Crippen molar-refractivity contribution < 1.29 is 9.59 Å². The van der Waals surface area contributed by atoms with Gasteiger partial charge in [0.2, 0.25) is 5.91 Å². The van der Waals surface area contributed by atoms with Crippen molar-refractivity contribution in [1.82, 2.24) is 14.8 Å². The van der Waals surface area contributed by atoms with E-state index < -0.39 is 0 Å². The highest BCUT2D eigenvalue weighted by atomic mass is 35.5. The molecule has 0 radical (unpaired) electrons. The molecule has 0 unspecified atom stereocenters. The van der Waals surface area contributed by atoms with Gasteiger partial charge in [-0.25, -0.2) is 0 Å². The van der Waals surface area contributed by atoms with Crippen LogP contribution in [-0.4, -0.2) is 32.2 Å². The third-order valence-electron chi connectivity index (χ3n) is 3.20. The van der Waals surface area contributed by atoms with Crippen LogP contribution in [0.4, 0.5) is 0 Å². The minimum Gasteiger partial charge on any atom is -0.370 e. The predicted octanol–water partition coefficient (Wildman–Crippen LogP) is 2.34. The van der Waals surface area contributed by atoms with E-state index in [2.05, 4.69) is 10.2 Å². The fourth-order valence-electron chi connectivity index (χ4n) is 2.01. The van der Waals surface area contributed by atoms with Gasteiger partial charge in [-0.1, -0.05) is 23.4 Å². The van der Waals surface area contributed by atoms with E-state index in [1.54, 1.807) is 24.3 Å². The number of nitrogens with zero attached hydrogens (tertiary/aromatic N) is 3. The summed E-state index contributed by atoms with van der Waals surface area (Å²) in [5, 5.41) is 9.43. The number of carbonyl (C=O) groups is 2. The zero-order valence-corrected chi connectivity index (χ0v) is 14.2. The van der Waals surface area contributed by atoms with E-state index in [0.29, 0.717) is 34.5 Å². The lowest BCUT2D eigenvalue weighted by atomic mass is 10.1. The number of hydrogen-bond acceptors (Lipinski definition) is 5. The first-order valence-electron chi connectivity index (χ1n) is 7.13. The van der Waals surface area contributed by atoms with Gasteiger partial charge in [-0.3, -0.25) is 9.59 Å². The molecular weight excluding hydrogens is 336 g/mol. The molecule has 0 atom stereocenters. The van der Waals surface area contributed by atoms with Crippen LogP contribution in [0.15, 0.2) is 29.4 Å². The second kappa shape index (κ2) is 8.12. The van der Waals surface area contributed by atoms with Crippen molar-refractivity contribution >= 4 is 35.1 Å². The van der Waals surface area contributed by atoms with Crippen molar-refractivity contribution in [2.45, 2.75) is 31.5 Å². The third kappa shape index (κ3) is 4.80. The molecule has 0 saturated heterocycles. The molecule has 23 heavy (non-hydrogen) atoms. The molecule has 6 nitrogen and oxygen atoms in total. The van der Waals surface area contributed by atoms with Gasteiger partial charge in [0, 0.05) is 30.0 Å². The number of aryl methyl sites for hydroxylation is 1. The Kier molecular flexibility index (Phi) is 6.18. The van der Waals surface area contributed by atoms with Crippen molar-refractivity contribution in [3.63, 3.8) is 0 Å². The Morgan fingerprint density at radius 2 is 1.96 bits per heavy atom. The standard InChI is InChI=1S/C15H17ClN4O2S/c1-2-20-14(8-7-13(17)22)18-19-15(20)23-9-12(21)10-3-5-11(16)6-4-10/h3-6H,2,7-9H2,1H3,(H2,17,22). The Labute approximate surface area is 143 Å². The van der Waals surface area contributed by atoms with E-state index in [0.717, 1.165) is 0 Å². The smallest absolute Gasteiger partial charge is 0.217 e. The number of carbonyl (C=O) groups excluding carboxylic acids is 2. The summed E-state index contributed by atoms with van der Waals surface area (Å²) in [6.45, 7) is 2.63. The van der Waals surface area contributed by atoms with Crippen LogP contribution in [0.3, 0.4) is 0 Å². The summed E-state index contributed by atoms with van der Waals surface area (Å²) >= 11 is 7.14. The summed E-state index contributed by atoms with van der Waals surface area (Å²) in [5.74, 6) is 0.585. The molecule has 0 bridgehead atoms. The summed E-state index contributed by atoms with van der Waals surface area (Å²) in [5.41, 5.74) is 5.77. The number of amides is 1. The zero-order chi connectivity index (χ0) is 16.8. The Morgan fingerprint density at radius 3 is 2.57 bits per heavy atom. The highest BCUT2D eigenvalue weighted by Gasteiger charge is 2.14. The minimum atomic E-state index is -0.372. The fraction of sp³-hybridized carbons (Fsp3) is 0.333. The molecule has 1 aromatic carbocycles. The van der Waals surface area contributed by atoms with E-state index >= 15 is 0 Å². The number of rotatable bonds is 8. The van der Waals surface area contributed by atoms with Crippen molar-refractivity contribution in [1.29, 1.82) is 0 Å². The lowest BCUT2D eigenvalue weighted by molar-refractivity contribution is -0.118. The van der Waals surface area contributed by atoms with Gasteiger partial charge in [-0.05, 0) is 31.2 Å². The molecule has 1 amide bonds. The van der Waals surface area contributed by atoms with Crippen molar-refractivity contribution in [3.8, 4) is 0 Å². The quantitative estimate of drug-likeness (QED) is 0.581. The van der Waals surface area contributed by atoms with Crippen LogP contribution in [0, 0.1) is 0 Å². The topological polar surface area (TPSA) is 90.9 Å². The maximum atomic E-state index is 12.2. The maximum absolute atomic E-state index is 12.2. The number of halogens is 1. The number of primary amides is 1. The third-order valence-corrected chi connectivity index (χ3v) is 4.42. The van der Waals surface area contributed by atoms with Gasteiger partial charge < -0.3 is 10.3 Å². The first-order chi connectivity index (χ1) is 11.0. The van der Waals surface area contributed by atoms with E-state index in [1.807, 2.05) is 11.5 Å². The molecule has 0 aliphatic rings. The molecule has 122 valence electrons. The van der Waals surface area contributed by atoms with Crippen LogP contribution >= 0.6 is 23.4 Å². The van der Waals surface area contributed by atoms with Crippen LogP contribution in [0.1, 0.15) is 29.5 Å². The summed E-state index contributed by atoms with van der Waals surface area (Å²) < 4.78 is 1.89. The minimum absolute atomic E-state index is 0.00370. The van der Waals surface area contributed by atoms with Crippen molar-refractivity contribution in [2.75, 3.05) is 5.75 Å². The molecule has 0 fully saturated rings.